The third-order valence-electron chi connectivity index (χ3n) is 4.77. The van der Waals surface area contributed by atoms with Gasteiger partial charge >= 0.3 is 7.60 Å². The Labute approximate surface area is 203 Å². The first-order valence-corrected chi connectivity index (χ1v) is 12.8. The summed E-state index contributed by atoms with van der Waals surface area (Å²) in [6.45, 7) is 4.29. The molecule has 0 spiro atoms. The van der Waals surface area contributed by atoms with Crippen molar-refractivity contribution in [2.24, 2.45) is 5.10 Å². The van der Waals surface area contributed by atoms with Crippen molar-refractivity contribution >= 4 is 42.1 Å². The van der Waals surface area contributed by atoms with Crippen molar-refractivity contribution in [3.63, 3.8) is 0 Å². The number of nitrogens with one attached hydrogen (secondary N) is 1. The monoisotopic (exact) mass is 504 g/mol. The average Bonchev–Trinajstić information content (AvgIpc) is 2.82. The second-order valence-electron chi connectivity index (χ2n) is 7.08. The zero-order chi connectivity index (χ0) is 24.6. The van der Waals surface area contributed by atoms with Gasteiger partial charge in [-0.1, -0.05) is 35.9 Å². The number of fused-ring (bicyclic) bond motifs is 1. The normalized spacial score (nSPS) is 11.7. The summed E-state index contributed by atoms with van der Waals surface area (Å²) in [6.07, 6.45) is 1.67. The van der Waals surface area contributed by atoms with Gasteiger partial charge < -0.3 is 18.9 Å². The van der Waals surface area contributed by atoms with Crippen LogP contribution >= 0.6 is 19.2 Å². The minimum atomic E-state index is -3.19. The van der Waals surface area contributed by atoms with E-state index in [1.165, 1.54) is 24.4 Å². The number of hydrogen-bond acceptors (Lipinski definition) is 7. The second kappa shape index (κ2) is 12.0. The first-order valence-electron chi connectivity index (χ1n) is 10.7. The molecule has 0 bridgehead atoms. The summed E-state index contributed by atoms with van der Waals surface area (Å²) in [5.74, 6) is 0.0552. The molecule has 8 nitrogen and oxygen atoms in total. The number of phenolic OH excluding ortho intramolecular Hbond substituents is 1. The minimum Gasteiger partial charge on any atom is -0.506 e. The molecule has 2 N–H and O–H groups in total. The fourth-order valence-electron chi connectivity index (χ4n) is 3.23. The van der Waals surface area contributed by atoms with Gasteiger partial charge in [0.25, 0.3) is 5.91 Å². The molecular weight excluding hydrogens is 479 g/mol. The topological polar surface area (TPSA) is 106 Å². The Morgan fingerprint density at radius 3 is 2.47 bits per heavy atom. The predicted molar refractivity (Wildman–Crippen MR) is 133 cm³/mol. The standard InChI is InChI=1S/C24H26ClN2O6P/c1-3-32-34(30,33-4-2)14-13-31-23-12-10-18(19-7-5-6-8-20(19)23)16-26-27-24(29)17-9-11-22(28)21(25)15-17/h5-12,15-16,28H,3-4,13-14H2,1-2H3,(H,27,29)/b26-16+. The zero-order valence-electron chi connectivity index (χ0n) is 18.9. The molecule has 0 aliphatic heterocycles. The van der Waals surface area contributed by atoms with E-state index < -0.39 is 13.5 Å². The number of phenols is 1. The summed E-state index contributed by atoms with van der Waals surface area (Å²) in [6, 6.07) is 15.3. The highest BCUT2D eigenvalue weighted by Gasteiger charge is 2.23. The molecule has 0 atom stereocenters. The fraction of sp³-hybridized carbons (Fsp3) is 0.250. The van der Waals surface area contributed by atoms with E-state index in [1.54, 1.807) is 19.9 Å². The molecule has 0 aromatic heterocycles. The number of aromatic hydroxyl groups is 1. The molecule has 0 radical (unpaired) electrons. The van der Waals surface area contributed by atoms with Crippen LogP contribution in [0, 0.1) is 0 Å². The Morgan fingerprint density at radius 2 is 1.79 bits per heavy atom. The van der Waals surface area contributed by atoms with Gasteiger partial charge in [-0.2, -0.15) is 5.10 Å². The molecule has 34 heavy (non-hydrogen) atoms. The summed E-state index contributed by atoms with van der Waals surface area (Å²) < 4.78 is 29.1. The first kappa shape index (κ1) is 25.7. The smallest absolute Gasteiger partial charge is 0.334 e. The Kier molecular flexibility index (Phi) is 9.07. The Bertz CT molecular complexity index is 1220. The number of amides is 1. The molecule has 3 aromatic carbocycles. The molecular formula is C24H26ClN2O6P. The molecule has 10 heteroatoms. The molecule has 3 rings (SSSR count). The molecule has 0 fully saturated rings. The Balaban J connectivity index is 1.72. The predicted octanol–water partition coefficient (Wildman–Crippen LogP) is 5.61. The maximum Gasteiger partial charge on any atom is 0.334 e. The third-order valence-corrected chi connectivity index (χ3v) is 7.11. The van der Waals surface area contributed by atoms with E-state index in [9.17, 15) is 14.5 Å². The number of benzene rings is 3. The molecule has 0 unspecified atom stereocenters. The molecule has 0 aliphatic rings. The number of nitrogens with zero attached hydrogens (tertiary/aromatic N) is 1. The number of carbonyl (C=O) groups excluding carboxylic acids is 1. The van der Waals surface area contributed by atoms with Gasteiger partial charge in [-0.05, 0) is 49.6 Å². The van der Waals surface area contributed by atoms with E-state index in [0.29, 0.717) is 19.0 Å². The highest BCUT2D eigenvalue weighted by Crippen LogP contribution is 2.47. The second-order valence-corrected chi connectivity index (χ2v) is 9.67. The molecule has 0 saturated carbocycles. The summed E-state index contributed by atoms with van der Waals surface area (Å²) >= 11 is 5.85. The molecule has 0 aliphatic carbocycles. The molecule has 0 saturated heterocycles. The van der Waals surface area contributed by atoms with E-state index >= 15 is 0 Å². The number of hydrogen-bond donors (Lipinski definition) is 2. The maximum atomic E-state index is 12.6. The molecule has 180 valence electrons. The van der Waals surface area contributed by atoms with Gasteiger partial charge in [0.2, 0.25) is 0 Å². The lowest BCUT2D eigenvalue weighted by atomic mass is 10.0. The summed E-state index contributed by atoms with van der Waals surface area (Å²) in [5.41, 5.74) is 3.48. The quantitative estimate of drug-likeness (QED) is 0.200. The van der Waals surface area contributed by atoms with Crippen LogP contribution in [0.2, 0.25) is 5.02 Å². The van der Waals surface area contributed by atoms with Gasteiger partial charge in [0, 0.05) is 16.5 Å². The zero-order valence-corrected chi connectivity index (χ0v) is 20.5. The number of halogens is 1. The van der Waals surface area contributed by atoms with Crippen LogP contribution in [0.1, 0.15) is 29.8 Å². The van der Waals surface area contributed by atoms with Gasteiger partial charge in [-0.25, -0.2) is 5.43 Å². The largest absolute Gasteiger partial charge is 0.506 e. The van der Waals surface area contributed by atoms with Crippen LogP contribution in [0.5, 0.6) is 11.5 Å². The van der Waals surface area contributed by atoms with Crippen molar-refractivity contribution in [2.75, 3.05) is 26.0 Å². The number of carbonyl (C=O) groups is 1. The van der Waals surface area contributed by atoms with Crippen LogP contribution in [0.15, 0.2) is 59.7 Å². The van der Waals surface area contributed by atoms with Crippen molar-refractivity contribution in [1.29, 1.82) is 0 Å². The van der Waals surface area contributed by atoms with Crippen LogP contribution < -0.4 is 10.2 Å². The molecule has 3 aromatic rings. The fourth-order valence-corrected chi connectivity index (χ4v) is 4.85. The van der Waals surface area contributed by atoms with Gasteiger partial charge in [-0.15, -0.1) is 0 Å². The highest BCUT2D eigenvalue weighted by molar-refractivity contribution is 7.53. The van der Waals surface area contributed by atoms with E-state index in [1.807, 2.05) is 30.3 Å². The summed E-state index contributed by atoms with van der Waals surface area (Å²) in [7, 11) is -3.19. The van der Waals surface area contributed by atoms with E-state index in [-0.39, 0.29) is 29.1 Å². The van der Waals surface area contributed by atoms with Crippen molar-refractivity contribution < 1.29 is 28.3 Å². The first-order chi connectivity index (χ1) is 16.4. The van der Waals surface area contributed by atoms with Crippen LogP contribution in [0.4, 0.5) is 0 Å². The van der Waals surface area contributed by atoms with Crippen molar-refractivity contribution in [2.45, 2.75) is 13.8 Å². The SMILES string of the molecule is CCOP(=O)(CCOc1ccc(/C=N/NC(=O)c2ccc(O)c(Cl)c2)c2ccccc12)OCC. The van der Waals surface area contributed by atoms with Gasteiger partial charge in [0.15, 0.2) is 0 Å². The van der Waals surface area contributed by atoms with Crippen LogP contribution in [-0.4, -0.2) is 43.2 Å². The van der Waals surface area contributed by atoms with Crippen molar-refractivity contribution in [1.82, 2.24) is 5.43 Å². The lowest BCUT2D eigenvalue weighted by Gasteiger charge is -2.17. The van der Waals surface area contributed by atoms with Crippen molar-refractivity contribution in [3.05, 3.63) is 70.7 Å². The van der Waals surface area contributed by atoms with Crippen LogP contribution in [0.3, 0.4) is 0 Å². The average molecular weight is 505 g/mol. The lowest BCUT2D eigenvalue weighted by Crippen LogP contribution is -2.17. The number of hydrazone groups is 1. The Hall–Kier alpha value is -2.90. The van der Waals surface area contributed by atoms with E-state index in [4.69, 9.17) is 25.4 Å². The van der Waals surface area contributed by atoms with Gasteiger partial charge in [-0.3, -0.25) is 9.36 Å². The minimum absolute atomic E-state index is 0.0806. The number of ether oxygens (including phenoxy) is 1. The van der Waals surface area contributed by atoms with Crippen LogP contribution in [0.25, 0.3) is 10.8 Å². The van der Waals surface area contributed by atoms with Crippen LogP contribution in [-0.2, 0) is 13.6 Å². The molecule has 0 heterocycles. The number of rotatable bonds is 11. The van der Waals surface area contributed by atoms with Gasteiger partial charge in [0.1, 0.15) is 11.5 Å². The van der Waals surface area contributed by atoms with E-state index in [2.05, 4.69) is 10.5 Å². The summed E-state index contributed by atoms with van der Waals surface area (Å²) in [4.78, 5) is 12.3. The van der Waals surface area contributed by atoms with Crippen molar-refractivity contribution in [3.8, 4) is 11.5 Å². The maximum absolute atomic E-state index is 12.6. The van der Waals surface area contributed by atoms with E-state index in [0.717, 1.165) is 16.3 Å². The highest BCUT2D eigenvalue weighted by atomic mass is 35.5. The third kappa shape index (κ3) is 6.58. The molecule has 1 amide bonds. The summed E-state index contributed by atoms with van der Waals surface area (Å²) in [5, 5.41) is 15.3. The van der Waals surface area contributed by atoms with Gasteiger partial charge in [0.05, 0.1) is 37.2 Å². The lowest BCUT2D eigenvalue weighted by molar-refractivity contribution is 0.0955. The Morgan fingerprint density at radius 1 is 1.09 bits per heavy atom.